The minimum Gasteiger partial charge on any atom is -0.464 e. The highest BCUT2D eigenvalue weighted by Crippen LogP contribution is 2.30. The minimum atomic E-state index is 0.282. The number of ether oxygens (including phenoxy) is 1. The number of likely N-dealkylation sites (tertiary alicyclic amines) is 1. The number of aromatic nitrogens is 3. The monoisotopic (exact) mass is 294 g/mol. The third-order valence-corrected chi connectivity index (χ3v) is 3.98. The molecule has 0 spiro atoms. The van der Waals surface area contributed by atoms with E-state index in [1.807, 2.05) is 6.92 Å². The first-order chi connectivity index (χ1) is 10.0. The lowest BCUT2D eigenvalue weighted by Gasteiger charge is -2.37. The topological polar surface area (TPSA) is 75.2 Å². The van der Waals surface area contributed by atoms with Crippen LogP contribution in [0.4, 0.5) is 11.9 Å². The predicted octanol–water partition coefficient (Wildman–Crippen LogP) is 1.46. The molecule has 1 aromatic rings. The SMILES string of the molecule is CCOc1nc(NC)nc(NCC2(C)CCN(C)CC2)n1. The fraction of sp³-hybridized carbons (Fsp3) is 0.786. The van der Waals surface area contributed by atoms with E-state index in [0.717, 1.165) is 19.6 Å². The molecule has 0 bridgehead atoms. The van der Waals surface area contributed by atoms with Gasteiger partial charge in [0.2, 0.25) is 11.9 Å². The zero-order valence-electron chi connectivity index (χ0n) is 13.4. The van der Waals surface area contributed by atoms with Gasteiger partial charge in [-0.1, -0.05) is 6.92 Å². The summed E-state index contributed by atoms with van der Waals surface area (Å²) in [7, 11) is 3.96. The van der Waals surface area contributed by atoms with Crippen LogP contribution in [0.2, 0.25) is 0 Å². The number of nitrogens with one attached hydrogen (secondary N) is 2. The Bertz CT molecular complexity index is 459. The molecule has 2 rings (SSSR count). The Labute approximate surface area is 126 Å². The molecule has 0 atom stereocenters. The molecule has 0 radical (unpaired) electrons. The second kappa shape index (κ2) is 6.89. The summed E-state index contributed by atoms with van der Waals surface area (Å²) in [5, 5.41) is 6.27. The maximum Gasteiger partial charge on any atom is 0.323 e. The Balaban J connectivity index is 2.00. The molecular formula is C14H26N6O. The van der Waals surface area contributed by atoms with Gasteiger partial charge in [-0.25, -0.2) is 0 Å². The molecule has 2 N–H and O–H groups in total. The minimum absolute atomic E-state index is 0.282. The summed E-state index contributed by atoms with van der Waals surface area (Å²) in [5.41, 5.74) is 0.282. The molecular weight excluding hydrogens is 268 g/mol. The lowest BCUT2D eigenvalue weighted by Crippen LogP contribution is -2.40. The molecule has 7 nitrogen and oxygen atoms in total. The highest BCUT2D eigenvalue weighted by atomic mass is 16.5. The fourth-order valence-electron chi connectivity index (χ4n) is 2.37. The zero-order chi connectivity index (χ0) is 15.3. The van der Waals surface area contributed by atoms with Crippen molar-refractivity contribution in [3.63, 3.8) is 0 Å². The summed E-state index contributed by atoms with van der Waals surface area (Å²) in [4.78, 5) is 15.2. The third kappa shape index (κ3) is 4.42. The van der Waals surface area contributed by atoms with Crippen molar-refractivity contribution in [3.8, 4) is 6.01 Å². The van der Waals surface area contributed by atoms with Crippen LogP contribution in [0.3, 0.4) is 0 Å². The van der Waals surface area contributed by atoms with Crippen molar-refractivity contribution in [1.82, 2.24) is 19.9 Å². The smallest absolute Gasteiger partial charge is 0.323 e. The van der Waals surface area contributed by atoms with Gasteiger partial charge >= 0.3 is 6.01 Å². The van der Waals surface area contributed by atoms with Crippen LogP contribution in [-0.4, -0.2) is 60.2 Å². The van der Waals surface area contributed by atoms with Gasteiger partial charge in [-0.3, -0.25) is 0 Å². The molecule has 1 saturated heterocycles. The largest absolute Gasteiger partial charge is 0.464 e. The van der Waals surface area contributed by atoms with Crippen LogP contribution in [0.25, 0.3) is 0 Å². The first-order valence-electron chi connectivity index (χ1n) is 7.54. The second-order valence-corrected chi connectivity index (χ2v) is 5.92. The van der Waals surface area contributed by atoms with Gasteiger partial charge in [-0.2, -0.15) is 15.0 Å². The Morgan fingerprint density at radius 2 is 1.86 bits per heavy atom. The number of piperidine rings is 1. The number of hydrogen-bond acceptors (Lipinski definition) is 7. The van der Waals surface area contributed by atoms with Crippen molar-refractivity contribution in [3.05, 3.63) is 0 Å². The van der Waals surface area contributed by atoms with E-state index in [1.165, 1.54) is 12.8 Å². The van der Waals surface area contributed by atoms with Crippen LogP contribution in [-0.2, 0) is 0 Å². The van der Waals surface area contributed by atoms with Crippen molar-refractivity contribution in [2.75, 3.05) is 51.0 Å². The van der Waals surface area contributed by atoms with Gasteiger partial charge in [-0.15, -0.1) is 0 Å². The molecule has 0 unspecified atom stereocenters. The molecule has 21 heavy (non-hydrogen) atoms. The average molecular weight is 294 g/mol. The first-order valence-corrected chi connectivity index (χ1v) is 7.54. The standard InChI is InChI=1S/C14H26N6O/c1-5-21-13-18-11(15-3)17-12(19-13)16-10-14(2)6-8-20(4)9-7-14/h5-10H2,1-4H3,(H2,15,16,17,18,19). The van der Waals surface area contributed by atoms with Crippen molar-refractivity contribution in [2.45, 2.75) is 26.7 Å². The van der Waals surface area contributed by atoms with E-state index in [-0.39, 0.29) is 5.41 Å². The van der Waals surface area contributed by atoms with Crippen molar-refractivity contribution >= 4 is 11.9 Å². The summed E-state index contributed by atoms with van der Waals surface area (Å²) >= 11 is 0. The van der Waals surface area contributed by atoms with E-state index in [0.29, 0.717) is 24.5 Å². The highest BCUT2D eigenvalue weighted by Gasteiger charge is 2.28. The van der Waals surface area contributed by atoms with Gasteiger partial charge in [0.1, 0.15) is 0 Å². The fourth-order valence-corrected chi connectivity index (χ4v) is 2.37. The van der Waals surface area contributed by atoms with Crippen molar-refractivity contribution in [1.29, 1.82) is 0 Å². The number of hydrogen-bond donors (Lipinski definition) is 2. The molecule has 1 aliphatic heterocycles. The van der Waals surface area contributed by atoms with Crippen LogP contribution in [0.5, 0.6) is 6.01 Å². The molecule has 118 valence electrons. The van der Waals surface area contributed by atoms with E-state index in [1.54, 1.807) is 7.05 Å². The number of nitrogens with zero attached hydrogens (tertiary/aromatic N) is 4. The Morgan fingerprint density at radius 3 is 2.48 bits per heavy atom. The molecule has 1 aliphatic rings. The molecule has 2 heterocycles. The number of rotatable bonds is 6. The molecule has 1 fully saturated rings. The summed E-state index contributed by atoms with van der Waals surface area (Å²) in [6.45, 7) is 7.91. The van der Waals surface area contributed by atoms with Gasteiger partial charge in [0.05, 0.1) is 6.61 Å². The first kappa shape index (κ1) is 15.8. The molecule has 1 aromatic heterocycles. The molecule has 0 amide bonds. The molecule has 0 aliphatic carbocycles. The van der Waals surface area contributed by atoms with Crippen LogP contribution < -0.4 is 15.4 Å². The van der Waals surface area contributed by atoms with Crippen molar-refractivity contribution in [2.24, 2.45) is 5.41 Å². The van der Waals surface area contributed by atoms with E-state index in [9.17, 15) is 0 Å². The summed E-state index contributed by atoms with van der Waals surface area (Å²) < 4.78 is 5.37. The van der Waals surface area contributed by atoms with Gasteiger partial charge in [0, 0.05) is 13.6 Å². The lowest BCUT2D eigenvalue weighted by molar-refractivity contribution is 0.150. The van der Waals surface area contributed by atoms with Crippen molar-refractivity contribution < 1.29 is 4.74 Å². The Kier molecular flexibility index (Phi) is 5.17. The van der Waals surface area contributed by atoms with Crippen LogP contribution >= 0.6 is 0 Å². The van der Waals surface area contributed by atoms with Crippen LogP contribution in [0, 0.1) is 5.41 Å². The second-order valence-electron chi connectivity index (χ2n) is 5.92. The average Bonchev–Trinajstić information content (AvgIpc) is 2.49. The van der Waals surface area contributed by atoms with E-state index >= 15 is 0 Å². The predicted molar refractivity (Wildman–Crippen MR) is 83.9 cm³/mol. The van der Waals surface area contributed by atoms with E-state index in [2.05, 4.69) is 44.5 Å². The Hall–Kier alpha value is -1.63. The van der Waals surface area contributed by atoms with Gasteiger partial charge in [0.15, 0.2) is 0 Å². The van der Waals surface area contributed by atoms with Gasteiger partial charge in [0.25, 0.3) is 0 Å². The van der Waals surface area contributed by atoms with E-state index in [4.69, 9.17) is 4.74 Å². The van der Waals surface area contributed by atoms with Crippen LogP contribution in [0.1, 0.15) is 26.7 Å². The molecule has 0 saturated carbocycles. The highest BCUT2D eigenvalue weighted by molar-refractivity contribution is 5.35. The summed E-state index contributed by atoms with van der Waals surface area (Å²) in [5.74, 6) is 1.09. The zero-order valence-corrected chi connectivity index (χ0v) is 13.4. The maximum absolute atomic E-state index is 5.37. The Morgan fingerprint density at radius 1 is 1.19 bits per heavy atom. The number of anilines is 2. The van der Waals surface area contributed by atoms with Crippen LogP contribution in [0.15, 0.2) is 0 Å². The maximum atomic E-state index is 5.37. The van der Waals surface area contributed by atoms with Gasteiger partial charge in [-0.05, 0) is 45.3 Å². The lowest BCUT2D eigenvalue weighted by atomic mass is 9.80. The van der Waals surface area contributed by atoms with E-state index < -0.39 is 0 Å². The summed E-state index contributed by atoms with van der Waals surface area (Å²) in [6.07, 6.45) is 2.36. The third-order valence-electron chi connectivity index (χ3n) is 3.98. The molecule has 7 heteroatoms. The molecule has 0 aromatic carbocycles. The van der Waals surface area contributed by atoms with Gasteiger partial charge < -0.3 is 20.3 Å². The normalized spacial score (nSPS) is 18.3. The quantitative estimate of drug-likeness (QED) is 0.822. The summed E-state index contributed by atoms with van der Waals surface area (Å²) in [6, 6.07) is 0.355.